The standard InChI is InChI=1S/C22H25N5O3/c1-15(2)20(26-21(28)18-6-4-5-7-19(18)30-3)22(29)25-17-10-8-16(9-11-17)12-27-14-23-13-24-27/h4-11,13-15,20H,12H2,1-3H3,(H,25,29)(H,26,28). The Morgan fingerprint density at radius 3 is 2.47 bits per heavy atom. The summed E-state index contributed by atoms with van der Waals surface area (Å²) in [5.74, 6) is -0.280. The summed E-state index contributed by atoms with van der Waals surface area (Å²) < 4.78 is 6.96. The number of ether oxygens (including phenoxy) is 1. The fraction of sp³-hybridized carbons (Fsp3) is 0.273. The average molecular weight is 407 g/mol. The van der Waals surface area contributed by atoms with Crippen LogP contribution in [0, 0.1) is 5.92 Å². The van der Waals surface area contributed by atoms with E-state index < -0.39 is 6.04 Å². The minimum absolute atomic E-state index is 0.102. The highest BCUT2D eigenvalue weighted by atomic mass is 16.5. The Hall–Kier alpha value is -3.68. The van der Waals surface area contributed by atoms with Crippen molar-refractivity contribution < 1.29 is 14.3 Å². The van der Waals surface area contributed by atoms with Gasteiger partial charge in [-0.3, -0.25) is 9.59 Å². The molecule has 0 aliphatic rings. The number of aromatic nitrogens is 3. The van der Waals surface area contributed by atoms with Crippen molar-refractivity contribution in [3.05, 3.63) is 72.3 Å². The molecule has 1 aromatic heterocycles. The van der Waals surface area contributed by atoms with E-state index in [0.29, 0.717) is 23.5 Å². The number of rotatable bonds is 8. The topological polar surface area (TPSA) is 98.1 Å². The van der Waals surface area contributed by atoms with E-state index in [2.05, 4.69) is 20.7 Å². The van der Waals surface area contributed by atoms with Gasteiger partial charge in [0.1, 0.15) is 24.4 Å². The summed E-state index contributed by atoms with van der Waals surface area (Å²) in [5, 5.41) is 9.77. The molecule has 1 heterocycles. The number of amides is 2. The van der Waals surface area contributed by atoms with Crippen molar-refractivity contribution in [2.45, 2.75) is 26.4 Å². The van der Waals surface area contributed by atoms with Crippen LogP contribution < -0.4 is 15.4 Å². The van der Waals surface area contributed by atoms with Crippen LogP contribution in [0.15, 0.2) is 61.2 Å². The van der Waals surface area contributed by atoms with E-state index in [4.69, 9.17) is 4.74 Å². The Morgan fingerprint density at radius 1 is 1.10 bits per heavy atom. The van der Waals surface area contributed by atoms with E-state index in [9.17, 15) is 9.59 Å². The first-order valence-corrected chi connectivity index (χ1v) is 9.64. The second-order valence-electron chi connectivity index (χ2n) is 7.17. The summed E-state index contributed by atoms with van der Waals surface area (Å²) in [5.41, 5.74) is 2.07. The van der Waals surface area contributed by atoms with Crippen LogP contribution in [-0.2, 0) is 11.3 Å². The third-order valence-corrected chi connectivity index (χ3v) is 4.62. The van der Waals surface area contributed by atoms with Crippen LogP contribution in [0.25, 0.3) is 0 Å². The first-order valence-electron chi connectivity index (χ1n) is 9.64. The van der Waals surface area contributed by atoms with Gasteiger partial charge in [0.25, 0.3) is 5.91 Å². The quantitative estimate of drug-likeness (QED) is 0.598. The summed E-state index contributed by atoms with van der Waals surface area (Å²) >= 11 is 0. The fourth-order valence-corrected chi connectivity index (χ4v) is 3.00. The van der Waals surface area contributed by atoms with E-state index in [1.54, 1.807) is 35.3 Å². The first kappa shape index (κ1) is 21.0. The predicted molar refractivity (Wildman–Crippen MR) is 113 cm³/mol. The lowest BCUT2D eigenvalue weighted by Crippen LogP contribution is -2.47. The number of hydrogen-bond acceptors (Lipinski definition) is 5. The van der Waals surface area contributed by atoms with Crippen LogP contribution in [0.4, 0.5) is 5.69 Å². The third-order valence-electron chi connectivity index (χ3n) is 4.62. The van der Waals surface area contributed by atoms with Gasteiger partial charge in [-0.05, 0) is 35.7 Å². The smallest absolute Gasteiger partial charge is 0.255 e. The Balaban J connectivity index is 1.66. The number of carbonyl (C=O) groups is 2. The van der Waals surface area contributed by atoms with E-state index in [1.807, 2.05) is 38.1 Å². The van der Waals surface area contributed by atoms with Crippen LogP contribution in [0.5, 0.6) is 5.75 Å². The largest absolute Gasteiger partial charge is 0.496 e. The van der Waals surface area contributed by atoms with Gasteiger partial charge < -0.3 is 15.4 Å². The molecule has 156 valence electrons. The molecule has 3 aromatic rings. The maximum Gasteiger partial charge on any atom is 0.255 e. The zero-order valence-electron chi connectivity index (χ0n) is 17.2. The van der Waals surface area contributed by atoms with E-state index in [1.165, 1.54) is 13.4 Å². The Kier molecular flexibility index (Phi) is 6.79. The minimum atomic E-state index is -0.697. The van der Waals surface area contributed by atoms with Crippen molar-refractivity contribution in [1.29, 1.82) is 0 Å². The molecule has 8 nitrogen and oxygen atoms in total. The van der Waals surface area contributed by atoms with E-state index >= 15 is 0 Å². The number of nitrogens with one attached hydrogen (secondary N) is 2. The van der Waals surface area contributed by atoms with Gasteiger partial charge in [-0.1, -0.05) is 38.1 Å². The Labute approximate surface area is 175 Å². The highest BCUT2D eigenvalue weighted by Gasteiger charge is 2.25. The number of benzene rings is 2. The lowest BCUT2D eigenvalue weighted by molar-refractivity contribution is -0.118. The van der Waals surface area contributed by atoms with Gasteiger partial charge in [-0.15, -0.1) is 0 Å². The average Bonchev–Trinajstić information content (AvgIpc) is 3.26. The first-order chi connectivity index (χ1) is 14.5. The van der Waals surface area contributed by atoms with Crippen molar-refractivity contribution in [2.24, 2.45) is 5.92 Å². The molecule has 8 heteroatoms. The molecule has 1 atom stereocenters. The molecule has 1 unspecified atom stereocenters. The van der Waals surface area contributed by atoms with Crippen molar-refractivity contribution >= 4 is 17.5 Å². The molecule has 0 saturated carbocycles. The van der Waals surface area contributed by atoms with E-state index in [0.717, 1.165) is 5.56 Å². The monoisotopic (exact) mass is 407 g/mol. The molecule has 30 heavy (non-hydrogen) atoms. The fourth-order valence-electron chi connectivity index (χ4n) is 3.00. The molecule has 0 spiro atoms. The molecule has 0 fully saturated rings. The Bertz CT molecular complexity index is 984. The molecular weight excluding hydrogens is 382 g/mol. The maximum absolute atomic E-state index is 12.8. The molecule has 0 aliphatic heterocycles. The van der Waals surface area contributed by atoms with Gasteiger partial charge in [0.05, 0.1) is 19.2 Å². The summed E-state index contributed by atoms with van der Waals surface area (Å²) in [6.07, 6.45) is 3.13. The van der Waals surface area contributed by atoms with Gasteiger partial charge in [0, 0.05) is 5.69 Å². The zero-order chi connectivity index (χ0) is 21.5. The minimum Gasteiger partial charge on any atom is -0.496 e. The summed E-state index contributed by atoms with van der Waals surface area (Å²) in [4.78, 5) is 29.5. The molecule has 2 aromatic carbocycles. The normalized spacial score (nSPS) is 11.7. The van der Waals surface area contributed by atoms with Crippen LogP contribution >= 0.6 is 0 Å². The SMILES string of the molecule is COc1ccccc1C(=O)NC(C(=O)Nc1ccc(Cn2cncn2)cc1)C(C)C. The number of carbonyl (C=O) groups excluding carboxylic acids is 2. The third kappa shape index (κ3) is 5.22. The van der Waals surface area contributed by atoms with Crippen molar-refractivity contribution in [1.82, 2.24) is 20.1 Å². The highest BCUT2D eigenvalue weighted by molar-refractivity contribution is 6.02. The molecule has 0 saturated heterocycles. The van der Waals surface area contributed by atoms with Gasteiger partial charge >= 0.3 is 0 Å². The number of methoxy groups -OCH3 is 1. The molecule has 2 N–H and O–H groups in total. The number of para-hydroxylation sites is 1. The van der Waals surface area contributed by atoms with Gasteiger partial charge in [-0.25, -0.2) is 9.67 Å². The number of hydrogen-bond donors (Lipinski definition) is 2. The van der Waals surface area contributed by atoms with Crippen LogP contribution in [0.2, 0.25) is 0 Å². The summed E-state index contributed by atoms with van der Waals surface area (Å²) in [7, 11) is 1.51. The van der Waals surface area contributed by atoms with Gasteiger partial charge in [0.15, 0.2) is 0 Å². The van der Waals surface area contributed by atoms with Gasteiger partial charge in [0.2, 0.25) is 5.91 Å². The zero-order valence-corrected chi connectivity index (χ0v) is 17.2. The molecular formula is C22H25N5O3. The summed E-state index contributed by atoms with van der Waals surface area (Å²) in [6, 6.07) is 13.7. The number of anilines is 1. The molecule has 0 radical (unpaired) electrons. The van der Waals surface area contributed by atoms with Crippen LogP contribution in [0.3, 0.4) is 0 Å². The highest BCUT2D eigenvalue weighted by Crippen LogP contribution is 2.18. The van der Waals surface area contributed by atoms with Crippen molar-refractivity contribution in [3.8, 4) is 5.75 Å². The molecule has 0 bridgehead atoms. The molecule has 0 aliphatic carbocycles. The molecule has 2 amide bonds. The second-order valence-corrected chi connectivity index (χ2v) is 7.17. The van der Waals surface area contributed by atoms with Crippen molar-refractivity contribution in [2.75, 3.05) is 12.4 Å². The lowest BCUT2D eigenvalue weighted by atomic mass is 10.0. The number of nitrogens with zero attached hydrogens (tertiary/aromatic N) is 3. The predicted octanol–water partition coefficient (Wildman–Crippen LogP) is 2.73. The maximum atomic E-state index is 12.8. The molecule has 3 rings (SSSR count). The second kappa shape index (κ2) is 9.69. The van der Waals surface area contributed by atoms with Crippen LogP contribution in [0.1, 0.15) is 29.8 Å². The Morgan fingerprint density at radius 2 is 1.83 bits per heavy atom. The summed E-state index contributed by atoms with van der Waals surface area (Å²) in [6.45, 7) is 4.36. The lowest BCUT2D eigenvalue weighted by Gasteiger charge is -2.22. The van der Waals surface area contributed by atoms with Crippen molar-refractivity contribution in [3.63, 3.8) is 0 Å². The van der Waals surface area contributed by atoms with Crippen LogP contribution in [-0.4, -0.2) is 39.7 Å². The van der Waals surface area contributed by atoms with E-state index in [-0.39, 0.29) is 17.7 Å². The van der Waals surface area contributed by atoms with Gasteiger partial charge in [-0.2, -0.15) is 5.10 Å².